The van der Waals surface area contributed by atoms with Gasteiger partial charge in [-0.05, 0) is 38.3 Å². The summed E-state index contributed by atoms with van der Waals surface area (Å²) < 4.78 is 0. The van der Waals surface area contributed by atoms with Crippen LogP contribution >= 0.6 is 0 Å². The molecule has 2 rings (SSSR count). The number of hydrogen-bond donors (Lipinski definition) is 3. The van der Waals surface area contributed by atoms with Gasteiger partial charge in [0.1, 0.15) is 0 Å². The fourth-order valence-corrected chi connectivity index (χ4v) is 2.50. The first-order chi connectivity index (χ1) is 9.56. The first kappa shape index (κ1) is 14.6. The molecule has 1 aromatic heterocycles. The third kappa shape index (κ3) is 3.84. The highest BCUT2D eigenvalue weighted by atomic mass is 16.3. The van der Waals surface area contributed by atoms with Gasteiger partial charge in [-0.25, -0.2) is 0 Å². The lowest BCUT2D eigenvalue weighted by atomic mass is 10.1. The van der Waals surface area contributed by atoms with Crippen molar-refractivity contribution in [1.82, 2.24) is 10.3 Å². The second-order valence-corrected chi connectivity index (χ2v) is 5.41. The van der Waals surface area contributed by atoms with E-state index in [4.69, 9.17) is 0 Å². The Bertz CT molecular complexity index is 575. The molecule has 2 atom stereocenters. The highest BCUT2D eigenvalue weighted by Crippen LogP contribution is 2.18. The molecule has 2 unspecified atom stereocenters. The second kappa shape index (κ2) is 6.57. The van der Waals surface area contributed by atoms with E-state index in [9.17, 15) is 9.90 Å². The van der Waals surface area contributed by atoms with Crippen molar-refractivity contribution in [1.29, 1.82) is 0 Å². The fraction of sp³-hybridized carbons (Fsp3) is 0.438. The van der Waals surface area contributed by atoms with Crippen LogP contribution in [0.4, 0.5) is 0 Å². The van der Waals surface area contributed by atoms with Crippen LogP contribution in [0.3, 0.4) is 0 Å². The van der Waals surface area contributed by atoms with Crippen LogP contribution < -0.4 is 5.32 Å². The average Bonchev–Trinajstić information content (AvgIpc) is 2.78. The van der Waals surface area contributed by atoms with Crippen molar-refractivity contribution in [2.75, 3.05) is 0 Å². The summed E-state index contributed by atoms with van der Waals surface area (Å²) >= 11 is 0. The first-order valence-electron chi connectivity index (χ1n) is 7.08. The lowest BCUT2D eigenvalue weighted by molar-refractivity contribution is -0.121. The largest absolute Gasteiger partial charge is 0.393 e. The van der Waals surface area contributed by atoms with Crippen molar-refractivity contribution < 1.29 is 9.90 Å². The number of aryl methyl sites for hydroxylation is 1. The Balaban J connectivity index is 1.87. The minimum atomic E-state index is -0.390. The first-order valence-corrected chi connectivity index (χ1v) is 7.08. The summed E-state index contributed by atoms with van der Waals surface area (Å²) in [7, 11) is 0. The molecule has 0 aliphatic carbocycles. The number of hydrogen-bond acceptors (Lipinski definition) is 2. The minimum absolute atomic E-state index is 0.00506. The Morgan fingerprint density at radius 2 is 2.10 bits per heavy atom. The summed E-state index contributed by atoms with van der Waals surface area (Å²) in [6.07, 6.45) is 3.35. The van der Waals surface area contributed by atoms with E-state index in [-0.39, 0.29) is 18.1 Å². The van der Waals surface area contributed by atoms with Gasteiger partial charge in [0.05, 0.1) is 6.10 Å². The number of rotatable bonds is 6. The molecule has 1 heterocycles. The molecular formula is C16H22N2O2. The number of benzene rings is 1. The number of aliphatic hydroxyl groups excluding tert-OH is 1. The monoisotopic (exact) mass is 274 g/mol. The minimum Gasteiger partial charge on any atom is -0.393 e. The molecule has 2 aromatic rings. The number of H-pyrrole nitrogens is 1. The Morgan fingerprint density at radius 3 is 2.85 bits per heavy atom. The lowest BCUT2D eigenvalue weighted by Crippen LogP contribution is -2.34. The number of carbonyl (C=O) groups excluding carboxylic acids is 1. The van der Waals surface area contributed by atoms with Gasteiger partial charge in [-0.15, -0.1) is 0 Å². The van der Waals surface area contributed by atoms with Gasteiger partial charge in [0.25, 0.3) is 0 Å². The molecule has 0 aliphatic rings. The lowest BCUT2D eigenvalue weighted by Gasteiger charge is -2.15. The molecule has 4 heteroatoms. The van der Waals surface area contributed by atoms with Crippen molar-refractivity contribution in [3.05, 3.63) is 36.0 Å². The van der Waals surface area contributed by atoms with Crippen LogP contribution in [0.1, 0.15) is 32.3 Å². The zero-order valence-electron chi connectivity index (χ0n) is 12.0. The Kier molecular flexibility index (Phi) is 4.79. The van der Waals surface area contributed by atoms with Crippen LogP contribution in [0.25, 0.3) is 10.9 Å². The third-order valence-electron chi connectivity index (χ3n) is 3.40. The van der Waals surface area contributed by atoms with Gasteiger partial charge in [0.2, 0.25) is 5.91 Å². The van der Waals surface area contributed by atoms with E-state index in [1.807, 2.05) is 31.3 Å². The Labute approximate surface area is 119 Å². The summed E-state index contributed by atoms with van der Waals surface area (Å²) in [5, 5.41) is 13.4. The zero-order valence-corrected chi connectivity index (χ0v) is 12.0. The molecule has 0 saturated heterocycles. The molecule has 0 bridgehead atoms. The van der Waals surface area contributed by atoms with Gasteiger partial charge >= 0.3 is 0 Å². The molecule has 0 spiro atoms. The van der Waals surface area contributed by atoms with E-state index in [0.717, 1.165) is 11.9 Å². The smallest absolute Gasteiger partial charge is 0.220 e. The molecular weight excluding hydrogens is 252 g/mol. The predicted molar refractivity (Wildman–Crippen MR) is 80.5 cm³/mol. The van der Waals surface area contributed by atoms with Crippen LogP contribution in [0.15, 0.2) is 30.5 Å². The maximum absolute atomic E-state index is 11.9. The molecule has 3 N–H and O–H groups in total. The SMILES string of the molecule is CC(O)CC(C)NC(=O)CCc1c[nH]c2ccccc12. The Hall–Kier alpha value is -1.81. The van der Waals surface area contributed by atoms with E-state index >= 15 is 0 Å². The molecule has 1 amide bonds. The van der Waals surface area contributed by atoms with Crippen LogP contribution in [-0.2, 0) is 11.2 Å². The number of aromatic nitrogens is 1. The van der Waals surface area contributed by atoms with Crippen LogP contribution in [0.5, 0.6) is 0 Å². The highest BCUT2D eigenvalue weighted by molar-refractivity contribution is 5.84. The van der Waals surface area contributed by atoms with Crippen LogP contribution in [0, 0.1) is 0 Å². The van der Waals surface area contributed by atoms with Crippen LogP contribution in [-0.4, -0.2) is 28.1 Å². The number of para-hydroxylation sites is 1. The van der Waals surface area contributed by atoms with Crippen LogP contribution in [0.2, 0.25) is 0 Å². The summed E-state index contributed by atoms with van der Waals surface area (Å²) in [4.78, 5) is 15.1. The number of amides is 1. The number of aliphatic hydroxyl groups is 1. The zero-order chi connectivity index (χ0) is 14.5. The van der Waals surface area contributed by atoms with Gasteiger partial charge in [0, 0.05) is 29.6 Å². The van der Waals surface area contributed by atoms with Crippen molar-refractivity contribution >= 4 is 16.8 Å². The summed E-state index contributed by atoms with van der Waals surface area (Å²) in [6.45, 7) is 3.64. The van der Waals surface area contributed by atoms with E-state index in [1.165, 1.54) is 10.9 Å². The number of carbonyl (C=O) groups is 1. The molecule has 20 heavy (non-hydrogen) atoms. The van der Waals surface area contributed by atoms with Crippen molar-refractivity contribution in [3.8, 4) is 0 Å². The van der Waals surface area contributed by atoms with Gasteiger partial charge in [-0.2, -0.15) is 0 Å². The van der Waals surface area contributed by atoms with E-state index in [0.29, 0.717) is 12.8 Å². The summed E-state index contributed by atoms with van der Waals surface area (Å²) in [5.41, 5.74) is 2.27. The van der Waals surface area contributed by atoms with E-state index in [2.05, 4.69) is 16.4 Å². The quantitative estimate of drug-likeness (QED) is 0.757. The molecule has 0 radical (unpaired) electrons. The molecule has 1 aromatic carbocycles. The average molecular weight is 274 g/mol. The van der Waals surface area contributed by atoms with Gasteiger partial charge < -0.3 is 15.4 Å². The normalized spacial score (nSPS) is 14.2. The van der Waals surface area contributed by atoms with Gasteiger partial charge in [0.15, 0.2) is 0 Å². The maximum Gasteiger partial charge on any atom is 0.220 e. The third-order valence-corrected chi connectivity index (χ3v) is 3.40. The maximum atomic E-state index is 11.9. The Morgan fingerprint density at radius 1 is 1.35 bits per heavy atom. The molecule has 0 aliphatic heterocycles. The number of fused-ring (bicyclic) bond motifs is 1. The molecule has 108 valence electrons. The number of nitrogens with one attached hydrogen (secondary N) is 2. The molecule has 0 fully saturated rings. The fourth-order valence-electron chi connectivity index (χ4n) is 2.50. The second-order valence-electron chi connectivity index (χ2n) is 5.41. The summed E-state index contributed by atoms with van der Waals surface area (Å²) in [6, 6.07) is 8.10. The molecule has 4 nitrogen and oxygen atoms in total. The van der Waals surface area contributed by atoms with Crippen molar-refractivity contribution in [2.45, 2.75) is 45.3 Å². The van der Waals surface area contributed by atoms with E-state index in [1.54, 1.807) is 6.92 Å². The topological polar surface area (TPSA) is 65.1 Å². The van der Waals surface area contributed by atoms with E-state index < -0.39 is 0 Å². The molecule has 0 saturated carbocycles. The van der Waals surface area contributed by atoms with Crippen molar-refractivity contribution in [3.63, 3.8) is 0 Å². The standard InChI is InChI=1S/C16H22N2O2/c1-11(9-12(2)19)18-16(20)8-7-13-10-17-15-6-4-3-5-14(13)15/h3-6,10-12,17,19H,7-9H2,1-2H3,(H,18,20). The van der Waals surface area contributed by atoms with Gasteiger partial charge in [-0.1, -0.05) is 18.2 Å². The predicted octanol–water partition coefficient (Wildman–Crippen LogP) is 2.38. The number of aromatic amines is 1. The van der Waals surface area contributed by atoms with Crippen molar-refractivity contribution in [2.24, 2.45) is 0 Å². The highest BCUT2D eigenvalue weighted by Gasteiger charge is 2.11. The summed E-state index contributed by atoms with van der Waals surface area (Å²) in [5.74, 6) is 0.0310. The van der Waals surface area contributed by atoms with Gasteiger partial charge in [-0.3, -0.25) is 4.79 Å².